The van der Waals surface area contributed by atoms with Gasteiger partial charge in [0.15, 0.2) is 0 Å². The Labute approximate surface area is 95.8 Å². The predicted octanol–water partition coefficient (Wildman–Crippen LogP) is 3.61. The average molecular weight is 213 g/mol. The van der Waals surface area contributed by atoms with Crippen LogP contribution in [-0.4, -0.2) is 10.2 Å². The molecule has 1 unspecified atom stereocenters. The second kappa shape index (κ2) is 3.34. The molecule has 1 aliphatic carbocycles. The van der Waals surface area contributed by atoms with Gasteiger partial charge in [-0.3, -0.25) is 0 Å². The topological polar surface area (TPSA) is 0 Å². The number of rotatable bonds is 0. The van der Waals surface area contributed by atoms with Gasteiger partial charge in [-0.2, -0.15) is 0 Å². The lowest BCUT2D eigenvalue weighted by atomic mass is 9.85. The lowest BCUT2D eigenvalue weighted by Crippen LogP contribution is -2.11. The van der Waals surface area contributed by atoms with Crippen molar-refractivity contribution in [3.63, 3.8) is 0 Å². The number of fused-ring (bicyclic) bond motifs is 1. The van der Waals surface area contributed by atoms with Gasteiger partial charge in [-0.1, -0.05) is 50.6 Å². The van der Waals surface area contributed by atoms with E-state index in [2.05, 4.69) is 62.2 Å². The van der Waals surface area contributed by atoms with Gasteiger partial charge in [-0.05, 0) is 34.6 Å². The molecule has 1 atom stereocenters. The van der Waals surface area contributed by atoms with Crippen LogP contribution in [0, 0.1) is 0 Å². The molecular weight excluding hydrogens is 196 g/mol. The van der Waals surface area contributed by atoms with E-state index in [0.717, 1.165) is 0 Å². The summed E-state index contributed by atoms with van der Waals surface area (Å²) in [4.78, 5) is 0. The summed E-state index contributed by atoms with van der Waals surface area (Å²) < 4.78 is 0. The van der Waals surface area contributed by atoms with E-state index < -0.39 is 0 Å². The van der Waals surface area contributed by atoms with Crippen LogP contribution in [0.4, 0.5) is 0 Å². The largest absolute Gasteiger partial charge is 0.0688 e. The smallest absolute Gasteiger partial charge is 0.0392 e. The Morgan fingerprint density at radius 1 is 1.20 bits per heavy atom. The van der Waals surface area contributed by atoms with Gasteiger partial charge in [-0.15, -0.1) is 0 Å². The zero-order valence-electron chi connectivity index (χ0n) is 9.89. The highest BCUT2D eigenvalue weighted by atomic mass is 28.1. The van der Waals surface area contributed by atoms with Gasteiger partial charge < -0.3 is 0 Å². The van der Waals surface area contributed by atoms with Crippen LogP contribution < -0.4 is 0 Å². The Bertz CT molecular complexity index is 421. The summed E-state index contributed by atoms with van der Waals surface area (Å²) in [5.41, 5.74) is 6.23. The zero-order chi connectivity index (χ0) is 11.2. The minimum absolute atomic E-state index is 0.237. The van der Waals surface area contributed by atoms with Gasteiger partial charge in [-0.25, -0.2) is 0 Å². The van der Waals surface area contributed by atoms with Crippen LogP contribution in [-0.2, 0) is 5.41 Å². The fourth-order valence-electron chi connectivity index (χ4n) is 2.00. The van der Waals surface area contributed by atoms with Gasteiger partial charge >= 0.3 is 0 Å². The van der Waals surface area contributed by atoms with E-state index in [-0.39, 0.29) is 5.41 Å². The second-order valence-corrected chi connectivity index (χ2v) is 5.99. The van der Waals surface area contributed by atoms with Crippen molar-refractivity contribution < 1.29 is 0 Å². The van der Waals surface area contributed by atoms with Crippen LogP contribution in [0.5, 0.6) is 0 Å². The normalized spacial score (nSPS) is 20.1. The highest BCUT2D eigenvalue weighted by Gasteiger charge is 2.21. The third-order valence-electron chi connectivity index (χ3n) is 3.10. The predicted molar refractivity (Wildman–Crippen MR) is 67.3 cm³/mol. The Hall–Kier alpha value is -0.823. The number of hydrogen-bond acceptors (Lipinski definition) is 0. The van der Waals surface area contributed by atoms with E-state index >= 15 is 0 Å². The van der Waals surface area contributed by atoms with Gasteiger partial charge in [0.05, 0.1) is 0 Å². The number of benzene rings is 1. The summed E-state index contributed by atoms with van der Waals surface area (Å²) in [5, 5.41) is 0. The molecule has 3 radical (unpaired) electrons. The van der Waals surface area contributed by atoms with Crippen molar-refractivity contribution in [1.29, 1.82) is 0 Å². The molecule has 0 spiro atoms. The van der Waals surface area contributed by atoms with Crippen LogP contribution in [0.25, 0.3) is 6.08 Å². The van der Waals surface area contributed by atoms with Crippen molar-refractivity contribution in [2.45, 2.75) is 38.7 Å². The SMILES string of the molecule is CC1=Cc2cc(C(C)(C)C)ccc2C1[Si]. The molecule has 0 heterocycles. The molecule has 0 N–H and O–H groups in total. The summed E-state index contributed by atoms with van der Waals surface area (Å²) in [7, 11) is 3.76. The highest BCUT2D eigenvalue weighted by Crippen LogP contribution is 2.36. The van der Waals surface area contributed by atoms with Crippen LogP contribution in [0.15, 0.2) is 23.8 Å². The molecule has 1 aromatic rings. The number of allylic oxidation sites excluding steroid dienone is 1. The molecule has 0 aromatic heterocycles. The molecule has 2 rings (SSSR count). The molecule has 0 saturated heterocycles. The maximum atomic E-state index is 3.76. The van der Waals surface area contributed by atoms with Crippen LogP contribution in [0.3, 0.4) is 0 Å². The molecular formula is C14H17Si. The summed E-state index contributed by atoms with van der Waals surface area (Å²) in [6.45, 7) is 8.94. The second-order valence-electron chi connectivity index (χ2n) is 5.42. The first-order chi connectivity index (χ1) is 6.89. The summed E-state index contributed by atoms with van der Waals surface area (Å²) in [6, 6.07) is 6.82. The Morgan fingerprint density at radius 3 is 2.47 bits per heavy atom. The van der Waals surface area contributed by atoms with Crippen molar-refractivity contribution in [2.24, 2.45) is 0 Å². The molecule has 77 valence electrons. The summed E-state index contributed by atoms with van der Waals surface area (Å²) in [5.74, 6) is 0. The third kappa shape index (κ3) is 1.81. The standard InChI is InChI=1S/C14H17Si/c1-9-7-10-8-11(14(2,3)4)5-6-12(10)13(9)15/h5-8,13H,1-4H3. The fourth-order valence-corrected chi connectivity index (χ4v) is 2.35. The van der Waals surface area contributed by atoms with E-state index in [0.29, 0.717) is 5.54 Å². The van der Waals surface area contributed by atoms with Crippen LogP contribution >= 0.6 is 0 Å². The fraction of sp³-hybridized carbons (Fsp3) is 0.429. The maximum absolute atomic E-state index is 3.76. The highest BCUT2D eigenvalue weighted by molar-refractivity contribution is 6.16. The van der Waals surface area contributed by atoms with Crippen molar-refractivity contribution in [3.8, 4) is 0 Å². The van der Waals surface area contributed by atoms with Crippen molar-refractivity contribution in [1.82, 2.24) is 0 Å². The van der Waals surface area contributed by atoms with Gasteiger partial charge in [0.1, 0.15) is 0 Å². The van der Waals surface area contributed by atoms with E-state index in [1.165, 1.54) is 22.3 Å². The molecule has 1 aromatic carbocycles. The molecule has 0 aliphatic heterocycles. The molecule has 0 nitrogen and oxygen atoms in total. The third-order valence-corrected chi connectivity index (χ3v) is 3.87. The summed E-state index contributed by atoms with van der Waals surface area (Å²) >= 11 is 0. The average Bonchev–Trinajstić information content (AvgIpc) is 2.41. The van der Waals surface area contributed by atoms with E-state index in [1.807, 2.05) is 0 Å². The van der Waals surface area contributed by atoms with Gasteiger partial charge in [0.2, 0.25) is 0 Å². The van der Waals surface area contributed by atoms with E-state index in [1.54, 1.807) is 0 Å². The molecule has 0 fully saturated rings. The number of hydrogen-bond donors (Lipinski definition) is 0. The first-order valence-corrected chi connectivity index (χ1v) is 6.01. The van der Waals surface area contributed by atoms with Crippen molar-refractivity contribution in [2.75, 3.05) is 0 Å². The quantitative estimate of drug-likeness (QED) is 0.578. The Kier molecular flexibility index (Phi) is 2.38. The lowest BCUT2D eigenvalue weighted by molar-refractivity contribution is 0.590. The Morgan fingerprint density at radius 2 is 1.87 bits per heavy atom. The summed E-state index contributed by atoms with van der Waals surface area (Å²) in [6.07, 6.45) is 2.28. The minimum atomic E-state index is 0.237. The lowest BCUT2D eigenvalue weighted by Gasteiger charge is -2.20. The molecule has 0 saturated carbocycles. The van der Waals surface area contributed by atoms with Crippen molar-refractivity contribution in [3.05, 3.63) is 40.5 Å². The molecule has 0 amide bonds. The minimum Gasteiger partial charge on any atom is -0.0688 e. The van der Waals surface area contributed by atoms with Crippen LogP contribution in [0.2, 0.25) is 0 Å². The van der Waals surface area contributed by atoms with E-state index in [9.17, 15) is 0 Å². The monoisotopic (exact) mass is 213 g/mol. The van der Waals surface area contributed by atoms with E-state index in [4.69, 9.17) is 0 Å². The zero-order valence-corrected chi connectivity index (χ0v) is 10.9. The van der Waals surface area contributed by atoms with Crippen molar-refractivity contribution >= 4 is 16.3 Å². The molecule has 15 heavy (non-hydrogen) atoms. The van der Waals surface area contributed by atoms with Gasteiger partial charge in [0, 0.05) is 10.2 Å². The molecule has 0 bridgehead atoms. The Balaban J connectivity index is 2.50. The first kappa shape index (κ1) is 10.7. The first-order valence-electron chi connectivity index (χ1n) is 5.43. The van der Waals surface area contributed by atoms with Gasteiger partial charge in [0.25, 0.3) is 0 Å². The van der Waals surface area contributed by atoms with Crippen LogP contribution in [0.1, 0.15) is 49.9 Å². The molecule has 1 aliphatic rings. The molecule has 1 heteroatoms. The maximum Gasteiger partial charge on any atom is 0.0392 e.